The molecule has 0 radical (unpaired) electrons. The van der Waals surface area contributed by atoms with E-state index in [2.05, 4.69) is 20.5 Å². The Morgan fingerprint density at radius 1 is 1.19 bits per heavy atom. The second-order valence-electron chi connectivity index (χ2n) is 6.54. The van der Waals surface area contributed by atoms with Crippen molar-refractivity contribution in [3.05, 3.63) is 35.5 Å². The lowest BCUT2D eigenvalue weighted by molar-refractivity contribution is -0.241. The first kappa shape index (κ1) is 17.9. The fraction of sp³-hybridized carbons (Fsp3) is 0.333. The van der Waals surface area contributed by atoms with E-state index in [4.69, 9.17) is 0 Å². The summed E-state index contributed by atoms with van der Waals surface area (Å²) in [6.07, 6.45) is 3.29. The molecule has 3 heterocycles. The van der Waals surface area contributed by atoms with Crippen molar-refractivity contribution in [3.8, 4) is 10.6 Å². The Hall–Kier alpha value is -2.46. The molecular formula is C18H19N5O3S. The van der Waals surface area contributed by atoms with Crippen LogP contribution in [0.3, 0.4) is 0 Å². The minimum absolute atomic E-state index is 0.254. The van der Waals surface area contributed by atoms with Crippen LogP contribution in [0, 0.1) is 6.92 Å². The Kier molecular flexibility index (Phi) is 4.60. The molecule has 0 atom stereocenters. The lowest BCUT2D eigenvalue weighted by Crippen LogP contribution is -2.56. The first-order valence-corrected chi connectivity index (χ1v) is 9.47. The highest BCUT2D eigenvalue weighted by atomic mass is 32.1. The number of likely N-dealkylation sites (tertiary alicyclic amines) is 1. The lowest BCUT2D eigenvalue weighted by Gasteiger charge is -2.29. The van der Waals surface area contributed by atoms with Gasteiger partial charge in [0.15, 0.2) is 0 Å². The third-order valence-electron chi connectivity index (χ3n) is 4.59. The number of carbonyl (C=O) groups is 1. The summed E-state index contributed by atoms with van der Waals surface area (Å²) in [6, 6.07) is 7.51. The number of anilines is 1. The third kappa shape index (κ3) is 3.54. The predicted octanol–water partition coefficient (Wildman–Crippen LogP) is 1.73. The number of pyridine rings is 1. The quantitative estimate of drug-likeness (QED) is 0.587. The van der Waals surface area contributed by atoms with Crippen LogP contribution in [0.5, 0.6) is 0 Å². The number of aromatic nitrogens is 3. The maximum Gasteiger partial charge on any atom is 0.309 e. The third-order valence-corrected chi connectivity index (χ3v) is 5.48. The standard InChI is InChI=1S/C18H19N5O3S/c1-11-21-22-16(27-11)12-4-5-13-10-19-15(9-14(13)8-12)20-17(24)18(25,26)23-6-2-3-7-23/h4-5,8-10,25-26H,2-3,6-7H2,1H3,(H,19,20,24). The van der Waals surface area contributed by atoms with E-state index >= 15 is 0 Å². The first-order chi connectivity index (χ1) is 12.9. The number of hydrogen-bond acceptors (Lipinski definition) is 8. The molecule has 140 valence electrons. The largest absolute Gasteiger partial charge is 0.346 e. The van der Waals surface area contributed by atoms with Gasteiger partial charge in [-0.3, -0.25) is 4.79 Å². The van der Waals surface area contributed by atoms with Gasteiger partial charge in [0.05, 0.1) is 0 Å². The van der Waals surface area contributed by atoms with Gasteiger partial charge in [0.2, 0.25) is 0 Å². The van der Waals surface area contributed by atoms with Gasteiger partial charge >= 0.3 is 11.8 Å². The van der Waals surface area contributed by atoms with E-state index in [9.17, 15) is 15.0 Å². The van der Waals surface area contributed by atoms with Gasteiger partial charge in [-0.15, -0.1) is 10.2 Å². The smallest absolute Gasteiger partial charge is 0.309 e. The summed E-state index contributed by atoms with van der Waals surface area (Å²) in [7, 11) is 0. The molecule has 1 aromatic carbocycles. The van der Waals surface area contributed by atoms with Crippen molar-refractivity contribution in [1.29, 1.82) is 0 Å². The molecule has 1 aliphatic rings. The molecule has 3 N–H and O–H groups in total. The van der Waals surface area contributed by atoms with Crippen molar-refractivity contribution in [3.63, 3.8) is 0 Å². The summed E-state index contributed by atoms with van der Waals surface area (Å²) in [5.74, 6) is -3.20. The van der Waals surface area contributed by atoms with Crippen LogP contribution in [0.4, 0.5) is 5.82 Å². The summed E-state index contributed by atoms with van der Waals surface area (Å²) >= 11 is 1.50. The van der Waals surface area contributed by atoms with Crippen LogP contribution in [0.15, 0.2) is 30.5 Å². The number of amides is 1. The van der Waals surface area contributed by atoms with Crippen LogP contribution in [0.25, 0.3) is 21.3 Å². The number of nitrogens with one attached hydrogen (secondary N) is 1. The van der Waals surface area contributed by atoms with Gasteiger partial charge < -0.3 is 15.5 Å². The predicted molar refractivity (Wildman–Crippen MR) is 102 cm³/mol. The highest BCUT2D eigenvalue weighted by molar-refractivity contribution is 7.14. The molecular weight excluding hydrogens is 366 g/mol. The Morgan fingerprint density at radius 3 is 2.67 bits per heavy atom. The zero-order valence-electron chi connectivity index (χ0n) is 14.7. The number of fused-ring (bicyclic) bond motifs is 1. The highest BCUT2D eigenvalue weighted by Gasteiger charge is 2.41. The Labute approximate surface area is 159 Å². The monoisotopic (exact) mass is 385 g/mol. The normalized spacial score (nSPS) is 15.4. The molecule has 0 spiro atoms. The molecule has 0 unspecified atom stereocenters. The minimum Gasteiger partial charge on any atom is -0.346 e. The summed E-state index contributed by atoms with van der Waals surface area (Å²) in [6.45, 7) is 2.84. The van der Waals surface area contributed by atoms with Crippen molar-refractivity contribution < 1.29 is 15.0 Å². The number of carbonyl (C=O) groups excluding carboxylic acids is 1. The number of aliphatic hydroxyl groups is 2. The average molecular weight is 385 g/mol. The molecule has 0 aliphatic carbocycles. The van der Waals surface area contributed by atoms with Crippen LogP contribution >= 0.6 is 11.3 Å². The first-order valence-electron chi connectivity index (χ1n) is 8.65. The molecule has 27 heavy (non-hydrogen) atoms. The summed E-state index contributed by atoms with van der Waals surface area (Å²) < 4.78 is 0. The number of benzene rings is 1. The van der Waals surface area contributed by atoms with E-state index in [1.807, 2.05) is 25.1 Å². The molecule has 2 aromatic heterocycles. The van der Waals surface area contributed by atoms with E-state index in [1.54, 1.807) is 12.3 Å². The van der Waals surface area contributed by atoms with Gasteiger partial charge in [-0.2, -0.15) is 0 Å². The average Bonchev–Trinajstić information content (AvgIpc) is 3.33. The van der Waals surface area contributed by atoms with Gasteiger partial charge in [0.25, 0.3) is 0 Å². The molecule has 4 rings (SSSR count). The Morgan fingerprint density at radius 2 is 1.96 bits per heavy atom. The Bertz CT molecular complexity index is 998. The fourth-order valence-corrected chi connectivity index (χ4v) is 3.82. The molecule has 1 fully saturated rings. The molecule has 0 bridgehead atoms. The van der Waals surface area contributed by atoms with E-state index in [0.717, 1.165) is 39.2 Å². The highest BCUT2D eigenvalue weighted by Crippen LogP contribution is 2.28. The molecule has 1 amide bonds. The minimum atomic E-state index is -2.54. The van der Waals surface area contributed by atoms with Gasteiger partial charge in [0.1, 0.15) is 15.8 Å². The van der Waals surface area contributed by atoms with E-state index < -0.39 is 11.8 Å². The number of nitrogens with zero attached hydrogens (tertiary/aromatic N) is 4. The zero-order valence-corrected chi connectivity index (χ0v) is 15.5. The van der Waals surface area contributed by atoms with Gasteiger partial charge in [-0.1, -0.05) is 23.5 Å². The van der Waals surface area contributed by atoms with Crippen molar-refractivity contribution in [2.75, 3.05) is 18.4 Å². The van der Waals surface area contributed by atoms with Crippen LogP contribution in [-0.4, -0.2) is 55.2 Å². The maximum atomic E-state index is 12.3. The maximum absolute atomic E-state index is 12.3. The van der Waals surface area contributed by atoms with Gasteiger partial charge in [-0.25, -0.2) is 9.88 Å². The van der Waals surface area contributed by atoms with Crippen molar-refractivity contribution in [2.24, 2.45) is 0 Å². The second-order valence-corrected chi connectivity index (χ2v) is 7.72. The van der Waals surface area contributed by atoms with Crippen LogP contribution < -0.4 is 5.32 Å². The summed E-state index contributed by atoms with van der Waals surface area (Å²) in [5, 5.41) is 34.5. The van der Waals surface area contributed by atoms with E-state index in [0.29, 0.717) is 13.1 Å². The number of hydrogen-bond donors (Lipinski definition) is 3. The summed E-state index contributed by atoms with van der Waals surface area (Å²) in [5.41, 5.74) is 0.923. The molecule has 9 heteroatoms. The number of rotatable bonds is 4. The Balaban J connectivity index is 1.59. The molecule has 1 saturated heterocycles. The van der Waals surface area contributed by atoms with Gasteiger partial charge in [0, 0.05) is 30.2 Å². The van der Waals surface area contributed by atoms with Crippen molar-refractivity contribution in [2.45, 2.75) is 25.7 Å². The molecule has 0 saturated carbocycles. The SMILES string of the molecule is Cc1nnc(-c2ccc3cnc(NC(=O)C(O)(O)N4CCCC4)cc3c2)s1. The van der Waals surface area contributed by atoms with Crippen molar-refractivity contribution >= 4 is 33.8 Å². The van der Waals surface area contributed by atoms with E-state index in [-0.39, 0.29) is 5.82 Å². The number of aryl methyl sites for hydroxylation is 1. The fourth-order valence-electron chi connectivity index (χ4n) is 3.13. The molecule has 8 nitrogen and oxygen atoms in total. The zero-order chi connectivity index (χ0) is 19.0. The lowest BCUT2D eigenvalue weighted by atomic mass is 10.1. The van der Waals surface area contributed by atoms with Crippen LogP contribution in [0.1, 0.15) is 17.8 Å². The van der Waals surface area contributed by atoms with E-state index in [1.165, 1.54) is 16.2 Å². The van der Waals surface area contributed by atoms with Crippen LogP contribution in [0.2, 0.25) is 0 Å². The topological polar surface area (TPSA) is 111 Å². The second kappa shape index (κ2) is 6.93. The van der Waals surface area contributed by atoms with Gasteiger partial charge in [-0.05, 0) is 37.3 Å². The van der Waals surface area contributed by atoms with Crippen LogP contribution in [-0.2, 0) is 4.79 Å². The molecule has 3 aromatic rings. The van der Waals surface area contributed by atoms with Crippen molar-refractivity contribution in [1.82, 2.24) is 20.1 Å². The summed E-state index contributed by atoms with van der Waals surface area (Å²) in [4.78, 5) is 17.9. The molecule has 1 aliphatic heterocycles.